The number of methoxy groups -OCH3 is 1. The highest BCUT2D eigenvalue weighted by atomic mass is 16.5. The number of hydrogen-bond donors (Lipinski definition) is 0. The molecule has 1 fully saturated rings. The van der Waals surface area contributed by atoms with E-state index < -0.39 is 0 Å². The van der Waals surface area contributed by atoms with E-state index in [4.69, 9.17) is 9.47 Å². The number of nitrogens with zero attached hydrogens (tertiary/aromatic N) is 3. The third-order valence-corrected chi connectivity index (χ3v) is 4.11. The SMILES string of the molecule is COc1ccc(CCC(=O)N2CCC(Oc3cnccn3)C2)cc1. The highest BCUT2D eigenvalue weighted by Gasteiger charge is 2.27. The number of rotatable bonds is 6. The van der Waals surface area contributed by atoms with E-state index in [-0.39, 0.29) is 12.0 Å². The maximum atomic E-state index is 12.4. The molecule has 6 heteroatoms. The summed E-state index contributed by atoms with van der Waals surface area (Å²) in [5, 5.41) is 0. The first-order valence-corrected chi connectivity index (χ1v) is 8.08. The summed E-state index contributed by atoms with van der Waals surface area (Å²) in [6, 6.07) is 7.83. The third kappa shape index (κ3) is 4.22. The van der Waals surface area contributed by atoms with Crippen molar-refractivity contribution in [1.29, 1.82) is 0 Å². The van der Waals surface area contributed by atoms with Crippen LogP contribution in [0.5, 0.6) is 11.6 Å². The van der Waals surface area contributed by atoms with Crippen LogP contribution in [-0.4, -0.2) is 47.1 Å². The summed E-state index contributed by atoms with van der Waals surface area (Å²) in [5.74, 6) is 1.50. The number of carbonyl (C=O) groups is 1. The number of carbonyl (C=O) groups excluding carboxylic acids is 1. The van der Waals surface area contributed by atoms with Gasteiger partial charge in [0.25, 0.3) is 0 Å². The van der Waals surface area contributed by atoms with Gasteiger partial charge in [-0.1, -0.05) is 12.1 Å². The summed E-state index contributed by atoms with van der Waals surface area (Å²) in [6.07, 6.45) is 6.85. The largest absolute Gasteiger partial charge is 0.497 e. The van der Waals surface area contributed by atoms with Gasteiger partial charge in [-0.3, -0.25) is 9.78 Å². The second kappa shape index (κ2) is 7.77. The highest BCUT2D eigenvalue weighted by molar-refractivity contribution is 5.76. The molecule has 0 bridgehead atoms. The summed E-state index contributed by atoms with van der Waals surface area (Å²) in [4.78, 5) is 22.3. The van der Waals surface area contributed by atoms with E-state index >= 15 is 0 Å². The molecule has 126 valence electrons. The van der Waals surface area contributed by atoms with Crippen molar-refractivity contribution in [2.45, 2.75) is 25.4 Å². The number of ether oxygens (including phenoxy) is 2. The van der Waals surface area contributed by atoms with Gasteiger partial charge in [-0.05, 0) is 24.1 Å². The molecule has 2 aromatic rings. The molecule has 0 N–H and O–H groups in total. The smallest absolute Gasteiger partial charge is 0.232 e. The number of hydrogen-bond acceptors (Lipinski definition) is 5. The molecule has 0 spiro atoms. The Morgan fingerprint density at radius 3 is 2.83 bits per heavy atom. The fourth-order valence-corrected chi connectivity index (χ4v) is 2.77. The first-order valence-electron chi connectivity index (χ1n) is 8.08. The molecule has 1 aliphatic rings. The van der Waals surface area contributed by atoms with Crippen LogP contribution in [0.25, 0.3) is 0 Å². The summed E-state index contributed by atoms with van der Waals surface area (Å²) < 4.78 is 10.9. The van der Waals surface area contributed by atoms with E-state index in [1.807, 2.05) is 29.2 Å². The van der Waals surface area contributed by atoms with Crippen molar-refractivity contribution in [2.24, 2.45) is 0 Å². The van der Waals surface area contributed by atoms with E-state index in [2.05, 4.69) is 9.97 Å². The Morgan fingerprint density at radius 2 is 2.12 bits per heavy atom. The average Bonchev–Trinajstić information content (AvgIpc) is 3.09. The normalized spacial score (nSPS) is 16.9. The lowest BCUT2D eigenvalue weighted by Gasteiger charge is -2.17. The Bertz CT molecular complexity index is 661. The number of aromatic nitrogens is 2. The fourth-order valence-electron chi connectivity index (χ4n) is 2.77. The van der Waals surface area contributed by atoms with Crippen molar-refractivity contribution in [2.75, 3.05) is 20.2 Å². The van der Waals surface area contributed by atoms with Gasteiger partial charge in [-0.25, -0.2) is 4.98 Å². The van der Waals surface area contributed by atoms with Gasteiger partial charge in [-0.15, -0.1) is 0 Å². The number of amides is 1. The third-order valence-electron chi connectivity index (χ3n) is 4.11. The zero-order chi connectivity index (χ0) is 16.8. The van der Waals surface area contributed by atoms with Crippen LogP contribution >= 0.6 is 0 Å². The van der Waals surface area contributed by atoms with E-state index in [1.165, 1.54) is 0 Å². The predicted octanol–water partition coefficient (Wildman–Crippen LogP) is 2.10. The molecule has 0 radical (unpaired) electrons. The summed E-state index contributed by atoms with van der Waals surface area (Å²) >= 11 is 0. The lowest BCUT2D eigenvalue weighted by Crippen LogP contribution is -2.31. The zero-order valence-corrected chi connectivity index (χ0v) is 13.7. The van der Waals surface area contributed by atoms with Crippen molar-refractivity contribution < 1.29 is 14.3 Å². The Balaban J connectivity index is 1.45. The second-order valence-corrected chi connectivity index (χ2v) is 5.76. The van der Waals surface area contributed by atoms with Crippen molar-refractivity contribution in [3.8, 4) is 11.6 Å². The molecule has 0 saturated carbocycles. The van der Waals surface area contributed by atoms with Crippen LogP contribution in [0.15, 0.2) is 42.9 Å². The quantitative estimate of drug-likeness (QED) is 0.813. The lowest BCUT2D eigenvalue weighted by molar-refractivity contribution is -0.130. The molecule has 3 rings (SSSR count). The Labute approximate surface area is 141 Å². The van der Waals surface area contributed by atoms with Crippen LogP contribution in [0.2, 0.25) is 0 Å². The predicted molar refractivity (Wildman–Crippen MR) is 89.0 cm³/mol. The molecule has 1 amide bonds. The molecule has 1 aliphatic heterocycles. The van der Waals surface area contributed by atoms with Crippen LogP contribution < -0.4 is 9.47 Å². The average molecular weight is 327 g/mol. The Kier molecular flexibility index (Phi) is 5.25. The van der Waals surface area contributed by atoms with Crippen molar-refractivity contribution in [3.05, 3.63) is 48.4 Å². The van der Waals surface area contributed by atoms with Crippen LogP contribution in [-0.2, 0) is 11.2 Å². The van der Waals surface area contributed by atoms with E-state index in [0.29, 0.717) is 18.8 Å². The number of benzene rings is 1. The standard InChI is InChI=1S/C18H21N3O3/c1-23-15-5-2-14(3-6-15)4-7-18(22)21-11-8-16(13-21)24-17-12-19-9-10-20-17/h2-3,5-6,9-10,12,16H,4,7-8,11,13H2,1H3. The molecule has 6 nitrogen and oxygen atoms in total. The summed E-state index contributed by atoms with van der Waals surface area (Å²) in [7, 11) is 1.64. The molecular formula is C18H21N3O3. The summed E-state index contributed by atoms with van der Waals surface area (Å²) in [6.45, 7) is 1.34. The molecule has 2 heterocycles. The fraction of sp³-hybridized carbons (Fsp3) is 0.389. The first-order chi connectivity index (χ1) is 11.7. The second-order valence-electron chi connectivity index (χ2n) is 5.76. The first kappa shape index (κ1) is 16.2. The van der Waals surface area contributed by atoms with Gasteiger partial charge in [0.1, 0.15) is 11.9 Å². The zero-order valence-electron chi connectivity index (χ0n) is 13.7. The molecule has 0 aliphatic carbocycles. The Morgan fingerprint density at radius 1 is 1.29 bits per heavy atom. The molecule has 1 atom stereocenters. The van der Waals surface area contributed by atoms with E-state index in [1.54, 1.807) is 25.7 Å². The van der Waals surface area contributed by atoms with Crippen molar-refractivity contribution in [3.63, 3.8) is 0 Å². The molecule has 24 heavy (non-hydrogen) atoms. The van der Waals surface area contributed by atoms with Gasteiger partial charge < -0.3 is 14.4 Å². The Hall–Kier alpha value is -2.63. The molecule has 1 saturated heterocycles. The van der Waals surface area contributed by atoms with Gasteiger partial charge >= 0.3 is 0 Å². The van der Waals surface area contributed by atoms with Crippen LogP contribution in [0.4, 0.5) is 0 Å². The minimum Gasteiger partial charge on any atom is -0.497 e. The van der Waals surface area contributed by atoms with Crippen LogP contribution in [0.3, 0.4) is 0 Å². The number of aryl methyl sites for hydroxylation is 1. The minimum atomic E-state index is -0.00774. The van der Waals surface area contributed by atoms with E-state index in [0.717, 1.165) is 30.7 Å². The highest BCUT2D eigenvalue weighted by Crippen LogP contribution is 2.18. The molecule has 1 unspecified atom stereocenters. The molecular weight excluding hydrogens is 306 g/mol. The van der Waals surface area contributed by atoms with Gasteiger partial charge in [0.2, 0.25) is 11.8 Å². The maximum Gasteiger partial charge on any atom is 0.232 e. The minimum absolute atomic E-state index is 0.00774. The monoisotopic (exact) mass is 327 g/mol. The van der Waals surface area contributed by atoms with Gasteiger partial charge in [0.05, 0.1) is 19.9 Å². The lowest BCUT2D eigenvalue weighted by atomic mass is 10.1. The molecule has 1 aromatic heterocycles. The van der Waals surface area contributed by atoms with Gasteiger partial charge in [0, 0.05) is 31.8 Å². The number of likely N-dealkylation sites (tertiary alicyclic amines) is 1. The van der Waals surface area contributed by atoms with Crippen LogP contribution in [0.1, 0.15) is 18.4 Å². The summed E-state index contributed by atoms with van der Waals surface area (Å²) in [5.41, 5.74) is 1.13. The van der Waals surface area contributed by atoms with Crippen molar-refractivity contribution >= 4 is 5.91 Å². The van der Waals surface area contributed by atoms with Crippen molar-refractivity contribution in [1.82, 2.24) is 14.9 Å². The maximum absolute atomic E-state index is 12.4. The van der Waals surface area contributed by atoms with E-state index in [9.17, 15) is 4.79 Å². The molecule has 1 aromatic carbocycles. The topological polar surface area (TPSA) is 64.5 Å². The van der Waals surface area contributed by atoms with Gasteiger partial charge in [0.15, 0.2) is 0 Å². The van der Waals surface area contributed by atoms with Crippen LogP contribution in [0, 0.1) is 0 Å². The van der Waals surface area contributed by atoms with Gasteiger partial charge in [-0.2, -0.15) is 0 Å².